The van der Waals surface area contributed by atoms with Gasteiger partial charge in [0.1, 0.15) is 9.96 Å². The van der Waals surface area contributed by atoms with Crippen molar-refractivity contribution in [1.82, 2.24) is 0 Å². The van der Waals surface area contributed by atoms with E-state index in [0.29, 0.717) is 11.3 Å². The summed E-state index contributed by atoms with van der Waals surface area (Å²) in [5.41, 5.74) is 0.940. The van der Waals surface area contributed by atoms with Crippen LogP contribution in [-0.4, -0.2) is 33.9 Å². The van der Waals surface area contributed by atoms with Crippen LogP contribution in [0.1, 0.15) is 20.7 Å². The number of ether oxygens (including phenoxy) is 2. The van der Waals surface area contributed by atoms with Gasteiger partial charge in [0.15, 0.2) is 12.4 Å². The molecule has 9 heteroatoms. The van der Waals surface area contributed by atoms with E-state index < -0.39 is 22.6 Å². The standard InChI is InChI=1S/C24H19NO6S2/c1-30-21-11-8-17-13-19(5-4-18(17)14-21)22(26)15-31-24(27)16-6-9-20(10-7-16)25-33(28,29)23-3-2-12-32-23/h2-14,25H,15H2,1H3. The molecule has 0 saturated heterocycles. The Labute approximate surface area is 194 Å². The Morgan fingerprint density at radius 1 is 0.909 bits per heavy atom. The van der Waals surface area contributed by atoms with Crippen molar-refractivity contribution in [2.75, 3.05) is 18.4 Å². The smallest absolute Gasteiger partial charge is 0.338 e. The van der Waals surface area contributed by atoms with Crippen molar-refractivity contribution in [1.29, 1.82) is 0 Å². The molecule has 0 amide bonds. The fourth-order valence-electron chi connectivity index (χ4n) is 3.12. The first-order chi connectivity index (χ1) is 15.9. The van der Waals surface area contributed by atoms with E-state index in [0.717, 1.165) is 27.9 Å². The van der Waals surface area contributed by atoms with Gasteiger partial charge in [0.2, 0.25) is 0 Å². The highest BCUT2D eigenvalue weighted by Crippen LogP contribution is 2.23. The van der Waals surface area contributed by atoms with Crippen molar-refractivity contribution in [3.63, 3.8) is 0 Å². The average molecular weight is 482 g/mol. The van der Waals surface area contributed by atoms with Crippen LogP contribution in [0.25, 0.3) is 10.8 Å². The molecule has 0 aliphatic rings. The summed E-state index contributed by atoms with van der Waals surface area (Å²) in [6.45, 7) is -0.409. The molecule has 0 radical (unpaired) electrons. The van der Waals surface area contributed by atoms with E-state index in [1.54, 1.807) is 36.8 Å². The largest absolute Gasteiger partial charge is 0.497 e. The summed E-state index contributed by atoms with van der Waals surface area (Å²) in [6, 6.07) is 19.7. The summed E-state index contributed by atoms with van der Waals surface area (Å²) < 4.78 is 37.5. The van der Waals surface area contributed by atoms with Gasteiger partial charge < -0.3 is 9.47 Å². The van der Waals surface area contributed by atoms with Gasteiger partial charge >= 0.3 is 5.97 Å². The van der Waals surface area contributed by atoms with Crippen molar-refractivity contribution in [2.24, 2.45) is 0 Å². The average Bonchev–Trinajstić information content (AvgIpc) is 3.38. The van der Waals surface area contributed by atoms with Gasteiger partial charge in [0.05, 0.1) is 12.7 Å². The number of esters is 1. The number of nitrogens with one attached hydrogen (secondary N) is 1. The maximum absolute atomic E-state index is 12.5. The minimum absolute atomic E-state index is 0.192. The first kappa shape index (κ1) is 22.5. The molecule has 0 atom stereocenters. The summed E-state index contributed by atoms with van der Waals surface area (Å²) in [5.74, 6) is -0.288. The first-order valence-electron chi connectivity index (χ1n) is 9.80. The van der Waals surface area contributed by atoms with Crippen LogP contribution < -0.4 is 9.46 Å². The van der Waals surface area contributed by atoms with Crippen LogP contribution in [0.3, 0.4) is 0 Å². The summed E-state index contributed by atoms with van der Waals surface area (Å²) in [7, 11) is -2.09. The van der Waals surface area contributed by atoms with E-state index in [1.807, 2.05) is 18.2 Å². The molecule has 7 nitrogen and oxygen atoms in total. The van der Waals surface area contributed by atoms with Crippen LogP contribution in [0.15, 0.2) is 82.4 Å². The number of anilines is 1. The molecule has 0 fully saturated rings. The van der Waals surface area contributed by atoms with Gasteiger partial charge in [0, 0.05) is 11.3 Å². The number of rotatable bonds is 8. The topological polar surface area (TPSA) is 98.8 Å². The van der Waals surface area contributed by atoms with Gasteiger partial charge in [-0.25, -0.2) is 13.2 Å². The zero-order valence-electron chi connectivity index (χ0n) is 17.5. The Morgan fingerprint density at radius 3 is 2.30 bits per heavy atom. The van der Waals surface area contributed by atoms with Crippen LogP contribution in [-0.2, 0) is 14.8 Å². The molecule has 0 spiro atoms. The normalized spacial score (nSPS) is 11.2. The molecule has 168 valence electrons. The second-order valence-corrected chi connectivity index (χ2v) is 9.90. The minimum Gasteiger partial charge on any atom is -0.497 e. The molecule has 4 aromatic rings. The Bertz CT molecular complexity index is 1410. The maximum atomic E-state index is 12.5. The van der Waals surface area contributed by atoms with Crippen molar-refractivity contribution in [3.05, 3.63) is 89.3 Å². The number of methoxy groups -OCH3 is 1. The third kappa shape index (κ3) is 5.21. The lowest BCUT2D eigenvalue weighted by molar-refractivity contribution is 0.0475. The molecular formula is C24H19NO6S2. The van der Waals surface area contributed by atoms with Gasteiger partial charge in [-0.05, 0) is 64.7 Å². The van der Waals surface area contributed by atoms with Gasteiger partial charge in [-0.15, -0.1) is 11.3 Å². The zero-order chi connectivity index (χ0) is 23.4. The fraction of sp³-hybridized carbons (Fsp3) is 0.0833. The van der Waals surface area contributed by atoms with E-state index in [4.69, 9.17) is 9.47 Å². The quantitative estimate of drug-likeness (QED) is 0.288. The summed E-state index contributed by atoms with van der Waals surface area (Å²) in [5, 5.41) is 3.47. The molecule has 0 aliphatic heterocycles. The SMILES string of the molecule is COc1ccc2cc(C(=O)COC(=O)c3ccc(NS(=O)(=O)c4cccs4)cc3)ccc2c1. The monoisotopic (exact) mass is 481 g/mol. The lowest BCUT2D eigenvalue weighted by atomic mass is 10.0. The molecule has 0 saturated carbocycles. The molecule has 1 aromatic heterocycles. The van der Waals surface area contributed by atoms with E-state index in [-0.39, 0.29) is 15.6 Å². The van der Waals surface area contributed by atoms with Crippen molar-refractivity contribution < 1.29 is 27.5 Å². The molecule has 0 unspecified atom stereocenters. The van der Waals surface area contributed by atoms with Gasteiger partial charge in [-0.2, -0.15) is 0 Å². The Kier molecular flexibility index (Phi) is 6.43. The molecule has 0 bridgehead atoms. The maximum Gasteiger partial charge on any atom is 0.338 e. The number of hydrogen-bond acceptors (Lipinski definition) is 7. The fourth-order valence-corrected chi connectivity index (χ4v) is 5.17. The number of sulfonamides is 1. The van der Waals surface area contributed by atoms with E-state index >= 15 is 0 Å². The molecule has 4 rings (SSSR count). The number of hydrogen-bond donors (Lipinski definition) is 1. The van der Waals surface area contributed by atoms with Crippen LogP contribution in [0.4, 0.5) is 5.69 Å². The predicted octanol–water partition coefficient (Wildman–Crippen LogP) is 4.75. The lowest BCUT2D eigenvalue weighted by Crippen LogP contribution is -2.15. The van der Waals surface area contributed by atoms with Crippen molar-refractivity contribution in [2.45, 2.75) is 4.21 Å². The molecule has 0 aliphatic carbocycles. The van der Waals surface area contributed by atoms with Gasteiger partial charge in [0.25, 0.3) is 10.0 Å². The number of carbonyl (C=O) groups is 2. The Balaban J connectivity index is 1.37. The number of ketones is 1. The van der Waals surface area contributed by atoms with E-state index in [9.17, 15) is 18.0 Å². The third-order valence-electron chi connectivity index (χ3n) is 4.84. The van der Waals surface area contributed by atoms with Crippen molar-refractivity contribution in [3.8, 4) is 5.75 Å². The summed E-state index contributed by atoms with van der Waals surface area (Å²) >= 11 is 1.10. The number of Topliss-reactive ketones (excluding diaryl/α,β-unsaturated/α-hetero) is 1. The number of carbonyl (C=O) groups excluding carboxylic acids is 2. The number of thiophene rings is 1. The molecular weight excluding hydrogens is 462 g/mol. The lowest BCUT2D eigenvalue weighted by Gasteiger charge is -2.08. The molecule has 3 aromatic carbocycles. The highest BCUT2D eigenvalue weighted by molar-refractivity contribution is 7.94. The molecule has 33 heavy (non-hydrogen) atoms. The predicted molar refractivity (Wildman–Crippen MR) is 127 cm³/mol. The number of fused-ring (bicyclic) bond motifs is 1. The highest BCUT2D eigenvalue weighted by atomic mass is 32.2. The second kappa shape index (κ2) is 9.43. The summed E-state index contributed by atoms with van der Waals surface area (Å²) in [6.07, 6.45) is 0. The van der Waals surface area contributed by atoms with Gasteiger partial charge in [-0.1, -0.05) is 24.3 Å². The molecule has 1 N–H and O–H groups in total. The third-order valence-corrected chi connectivity index (χ3v) is 7.62. The Hall–Kier alpha value is -3.69. The minimum atomic E-state index is -3.67. The van der Waals surface area contributed by atoms with Gasteiger partial charge in [-0.3, -0.25) is 9.52 Å². The Morgan fingerprint density at radius 2 is 1.61 bits per heavy atom. The zero-order valence-corrected chi connectivity index (χ0v) is 19.1. The highest BCUT2D eigenvalue weighted by Gasteiger charge is 2.16. The van der Waals surface area contributed by atoms with Crippen LogP contribution in [0, 0.1) is 0 Å². The van der Waals surface area contributed by atoms with Crippen LogP contribution in [0.2, 0.25) is 0 Å². The van der Waals surface area contributed by atoms with Crippen LogP contribution in [0.5, 0.6) is 5.75 Å². The van der Waals surface area contributed by atoms with E-state index in [2.05, 4.69) is 4.72 Å². The molecule has 1 heterocycles. The second-order valence-electron chi connectivity index (χ2n) is 7.04. The van der Waals surface area contributed by atoms with Crippen LogP contribution >= 0.6 is 11.3 Å². The number of benzene rings is 3. The van der Waals surface area contributed by atoms with Crippen molar-refractivity contribution >= 4 is 49.6 Å². The van der Waals surface area contributed by atoms with E-state index in [1.165, 1.54) is 30.3 Å². The first-order valence-corrected chi connectivity index (χ1v) is 12.2. The summed E-state index contributed by atoms with van der Waals surface area (Å²) in [4.78, 5) is 24.8.